The molecule has 0 aliphatic rings. The SMILES string of the molecule is C=C(N)COc1ccc(Nc2cc(Br)cn(C)c2=O)nc1. The van der Waals surface area contributed by atoms with Gasteiger partial charge >= 0.3 is 0 Å². The molecule has 2 heterocycles. The van der Waals surface area contributed by atoms with Crippen LogP contribution in [0.3, 0.4) is 0 Å². The summed E-state index contributed by atoms with van der Waals surface area (Å²) >= 11 is 3.35. The second-order valence-corrected chi connectivity index (χ2v) is 5.35. The van der Waals surface area contributed by atoms with Crippen molar-refractivity contribution >= 4 is 27.4 Å². The molecule has 0 aromatic carbocycles. The average molecular weight is 351 g/mol. The van der Waals surface area contributed by atoms with Crippen LogP contribution >= 0.6 is 15.9 Å². The molecule has 0 saturated heterocycles. The van der Waals surface area contributed by atoms with E-state index in [1.54, 1.807) is 37.6 Å². The topological polar surface area (TPSA) is 82.2 Å². The van der Waals surface area contributed by atoms with Gasteiger partial charge in [0.25, 0.3) is 5.56 Å². The highest BCUT2D eigenvalue weighted by Crippen LogP contribution is 2.17. The zero-order valence-corrected chi connectivity index (χ0v) is 13.1. The van der Waals surface area contributed by atoms with Crippen LogP contribution in [0.2, 0.25) is 0 Å². The molecule has 0 spiro atoms. The van der Waals surface area contributed by atoms with Crippen molar-refractivity contribution in [2.24, 2.45) is 12.8 Å². The van der Waals surface area contributed by atoms with Gasteiger partial charge in [-0.2, -0.15) is 0 Å². The molecule has 110 valence electrons. The second-order valence-electron chi connectivity index (χ2n) is 4.44. The molecule has 2 rings (SSSR count). The van der Waals surface area contributed by atoms with E-state index in [2.05, 4.69) is 32.8 Å². The van der Waals surface area contributed by atoms with Crippen molar-refractivity contribution in [1.82, 2.24) is 9.55 Å². The first kappa shape index (κ1) is 15.1. The van der Waals surface area contributed by atoms with Crippen LogP contribution < -0.4 is 21.3 Å². The average Bonchev–Trinajstić information content (AvgIpc) is 2.43. The van der Waals surface area contributed by atoms with Gasteiger partial charge in [-0.1, -0.05) is 6.58 Å². The quantitative estimate of drug-likeness (QED) is 0.863. The zero-order chi connectivity index (χ0) is 15.4. The van der Waals surface area contributed by atoms with Crippen LogP contribution in [0, 0.1) is 0 Å². The van der Waals surface area contributed by atoms with E-state index in [1.807, 2.05) is 0 Å². The fourth-order valence-corrected chi connectivity index (χ4v) is 2.15. The lowest BCUT2D eigenvalue weighted by Gasteiger charge is -2.09. The Balaban J connectivity index is 2.14. The smallest absolute Gasteiger partial charge is 0.274 e. The van der Waals surface area contributed by atoms with Crippen LogP contribution in [0.1, 0.15) is 0 Å². The molecule has 0 aliphatic carbocycles. The van der Waals surface area contributed by atoms with Crippen LogP contribution in [-0.2, 0) is 7.05 Å². The minimum Gasteiger partial charge on any atom is -0.486 e. The summed E-state index contributed by atoms with van der Waals surface area (Å²) in [5, 5.41) is 2.97. The predicted octanol–water partition coefficient (Wildman–Crippen LogP) is 2.14. The summed E-state index contributed by atoms with van der Waals surface area (Å²) in [6.45, 7) is 3.79. The summed E-state index contributed by atoms with van der Waals surface area (Å²) in [5.74, 6) is 1.12. The third-order valence-electron chi connectivity index (χ3n) is 2.57. The van der Waals surface area contributed by atoms with Gasteiger partial charge in [-0.15, -0.1) is 0 Å². The van der Waals surface area contributed by atoms with Gasteiger partial charge in [0.15, 0.2) is 0 Å². The molecule has 0 radical (unpaired) electrons. The first-order chi connectivity index (χ1) is 9.95. The Labute approximate surface area is 130 Å². The number of aryl methyl sites for hydroxylation is 1. The van der Waals surface area contributed by atoms with Gasteiger partial charge < -0.3 is 20.4 Å². The molecule has 6 nitrogen and oxygen atoms in total. The van der Waals surface area contributed by atoms with Crippen LogP contribution in [0.15, 0.2) is 52.1 Å². The van der Waals surface area contributed by atoms with E-state index in [0.29, 0.717) is 23.0 Å². The third kappa shape index (κ3) is 4.09. The molecular formula is C14H15BrN4O2. The second kappa shape index (κ2) is 6.45. The van der Waals surface area contributed by atoms with E-state index in [-0.39, 0.29) is 12.2 Å². The van der Waals surface area contributed by atoms with Crippen molar-refractivity contribution in [2.75, 3.05) is 11.9 Å². The van der Waals surface area contributed by atoms with E-state index in [4.69, 9.17) is 10.5 Å². The van der Waals surface area contributed by atoms with Crippen LogP contribution in [0.4, 0.5) is 11.5 Å². The Kier molecular flexibility index (Phi) is 4.64. The first-order valence-corrected chi connectivity index (χ1v) is 6.90. The van der Waals surface area contributed by atoms with Crippen molar-refractivity contribution < 1.29 is 4.74 Å². The third-order valence-corrected chi connectivity index (χ3v) is 3.01. The Morgan fingerprint density at radius 2 is 2.33 bits per heavy atom. The highest BCUT2D eigenvalue weighted by atomic mass is 79.9. The minimum absolute atomic E-state index is 0.139. The van der Waals surface area contributed by atoms with Gasteiger partial charge in [0, 0.05) is 23.4 Å². The maximum atomic E-state index is 12.0. The van der Waals surface area contributed by atoms with E-state index in [0.717, 1.165) is 4.47 Å². The summed E-state index contributed by atoms with van der Waals surface area (Å²) in [4.78, 5) is 16.2. The molecule has 0 bridgehead atoms. The molecule has 21 heavy (non-hydrogen) atoms. The van der Waals surface area contributed by atoms with E-state index in [1.165, 1.54) is 4.57 Å². The molecule has 7 heteroatoms. The number of anilines is 2. The number of hydrogen-bond donors (Lipinski definition) is 2. The maximum Gasteiger partial charge on any atom is 0.274 e. The monoisotopic (exact) mass is 350 g/mol. The number of nitrogens with zero attached hydrogens (tertiary/aromatic N) is 2. The highest BCUT2D eigenvalue weighted by molar-refractivity contribution is 9.10. The van der Waals surface area contributed by atoms with Crippen molar-refractivity contribution in [1.29, 1.82) is 0 Å². The predicted molar refractivity (Wildman–Crippen MR) is 85.7 cm³/mol. The van der Waals surface area contributed by atoms with Gasteiger partial charge in [0.2, 0.25) is 0 Å². The molecule has 0 atom stereocenters. The van der Waals surface area contributed by atoms with Crippen molar-refractivity contribution in [3.05, 3.63) is 57.7 Å². The fourth-order valence-electron chi connectivity index (χ4n) is 1.61. The lowest BCUT2D eigenvalue weighted by Crippen LogP contribution is -2.19. The van der Waals surface area contributed by atoms with Crippen LogP contribution in [-0.4, -0.2) is 16.2 Å². The fraction of sp³-hybridized carbons (Fsp3) is 0.143. The van der Waals surface area contributed by atoms with Crippen molar-refractivity contribution in [2.45, 2.75) is 0 Å². The number of hydrogen-bond acceptors (Lipinski definition) is 5. The number of rotatable bonds is 5. The van der Waals surface area contributed by atoms with Gasteiger partial charge in [-0.05, 0) is 34.1 Å². The van der Waals surface area contributed by atoms with E-state index < -0.39 is 0 Å². The minimum atomic E-state index is -0.139. The van der Waals surface area contributed by atoms with E-state index in [9.17, 15) is 4.79 Å². The number of nitrogens with one attached hydrogen (secondary N) is 1. The molecule has 3 N–H and O–H groups in total. The number of halogens is 1. The Morgan fingerprint density at radius 3 is 2.95 bits per heavy atom. The van der Waals surface area contributed by atoms with E-state index >= 15 is 0 Å². The molecular weight excluding hydrogens is 336 g/mol. The van der Waals surface area contributed by atoms with Gasteiger partial charge in [0.1, 0.15) is 23.9 Å². The maximum absolute atomic E-state index is 12.0. The zero-order valence-electron chi connectivity index (χ0n) is 11.5. The summed E-state index contributed by atoms with van der Waals surface area (Å²) in [6, 6.07) is 5.16. The molecule has 2 aromatic heterocycles. The van der Waals surface area contributed by atoms with Gasteiger partial charge in [-0.25, -0.2) is 4.98 Å². The molecule has 0 aliphatic heterocycles. The number of pyridine rings is 2. The number of aromatic nitrogens is 2. The number of nitrogens with two attached hydrogens (primary N) is 1. The lowest BCUT2D eigenvalue weighted by atomic mass is 10.3. The van der Waals surface area contributed by atoms with Crippen molar-refractivity contribution in [3.63, 3.8) is 0 Å². The summed E-state index contributed by atoms with van der Waals surface area (Å²) in [7, 11) is 1.68. The Hall–Kier alpha value is -2.28. The Bertz CT molecular complexity index is 710. The molecule has 0 saturated carbocycles. The lowest BCUT2D eigenvalue weighted by molar-refractivity contribution is 0.350. The summed E-state index contributed by atoms with van der Waals surface area (Å²) < 4.78 is 7.63. The van der Waals surface area contributed by atoms with Crippen LogP contribution in [0.25, 0.3) is 0 Å². The standard InChI is InChI=1S/C14H15BrN4O2/c1-9(16)8-21-11-3-4-13(17-6-11)18-12-5-10(15)7-19(2)14(12)20/h3-7H,1,8,16H2,2H3,(H,17,18). The molecule has 0 fully saturated rings. The molecule has 0 unspecified atom stereocenters. The number of ether oxygens (including phenoxy) is 1. The van der Waals surface area contributed by atoms with Gasteiger partial charge in [0.05, 0.1) is 6.20 Å². The molecule has 2 aromatic rings. The Morgan fingerprint density at radius 1 is 1.57 bits per heavy atom. The summed E-state index contributed by atoms with van der Waals surface area (Å²) in [6.07, 6.45) is 3.24. The normalized spacial score (nSPS) is 10.2. The van der Waals surface area contributed by atoms with Crippen molar-refractivity contribution in [3.8, 4) is 5.75 Å². The molecule has 0 amide bonds. The first-order valence-electron chi connectivity index (χ1n) is 6.11. The van der Waals surface area contributed by atoms with Crippen LogP contribution in [0.5, 0.6) is 5.75 Å². The van der Waals surface area contributed by atoms with Gasteiger partial charge in [-0.3, -0.25) is 4.79 Å². The largest absolute Gasteiger partial charge is 0.486 e. The summed E-state index contributed by atoms with van der Waals surface area (Å²) in [5.41, 5.74) is 6.16. The highest BCUT2D eigenvalue weighted by Gasteiger charge is 2.05.